The van der Waals surface area contributed by atoms with Gasteiger partial charge in [0.25, 0.3) is 5.91 Å². The van der Waals surface area contributed by atoms with E-state index in [9.17, 15) is 9.59 Å². The summed E-state index contributed by atoms with van der Waals surface area (Å²) in [5, 5.41) is 2.74. The summed E-state index contributed by atoms with van der Waals surface area (Å²) in [6, 6.07) is 9.25. The molecule has 1 atom stereocenters. The third kappa shape index (κ3) is 2.53. The van der Waals surface area contributed by atoms with Crippen LogP contribution >= 0.6 is 0 Å². The van der Waals surface area contributed by atoms with Crippen molar-refractivity contribution in [1.29, 1.82) is 0 Å². The Hall–Kier alpha value is -1.84. The number of nitrogens with one attached hydrogen (secondary N) is 1. The number of amides is 3. The molecule has 1 aliphatic heterocycles. The minimum absolute atomic E-state index is 0.0841. The molecule has 1 saturated heterocycles. The van der Waals surface area contributed by atoms with Gasteiger partial charge in [-0.25, -0.2) is 4.79 Å². The van der Waals surface area contributed by atoms with Crippen molar-refractivity contribution in [2.75, 3.05) is 0 Å². The number of aryl methyl sites for hydroxylation is 1. The summed E-state index contributed by atoms with van der Waals surface area (Å²) in [4.78, 5) is 25.0. The van der Waals surface area contributed by atoms with Crippen molar-refractivity contribution in [3.63, 3.8) is 0 Å². The minimum atomic E-state index is -0.375. The summed E-state index contributed by atoms with van der Waals surface area (Å²) in [5.74, 6) is -0.106. The van der Waals surface area contributed by atoms with Crippen molar-refractivity contribution < 1.29 is 9.59 Å². The number of imide groups is 1. The van der Waals surface area contributed by atoms with E-state index in [1.54, 1.807) is 0 Å². The smallest absolute Gasteiger partial charge is 0.325 e. The van der Waals surface area contributed by atoms with Gasteiger partial charge >= 0.3 is 6.03 Å². The zero-order valence-corrected chi connectivity index (χ0v) is 10.7. The number of benzene rings is 1. The van der Waals surface area contributed by atoms with Gasteiger partial charge in [-0.3, -0.25) is 9.69 Å². The maximum absolute atomic E-state index is 12.0. The van der Waals surface area contributed by atoms with Gasteiger partial charge in [-0.15, -0.1) is 0 Å². The third-order valence-electron chi connectivity index (χ3n) is 3.13. The summed E-state index contributed by atoms with van der Waals surface area (Å²) in [7, 11) is 0. The molecule has 1 aliphatic rings. The van der Waals surface area contributed by atoms with E-state index in [-0.39, 0.29) is 24.0 Å². The molecule has 0 aromatic heterocycles. The fourth-order valence-electron chi connectivity index (χ4n) is 2.19. The molecule has 4 heteroatoms. The largest absolute Gasteiger partial charge is 0.326 e. The molecule has 0 bridgehead atoms. The van der Waals surface area contributed by atoms with Crippen molar-refractivity contribution in [2.45, 2.75) is 38.8 Å². The first-order valence-corrected chi connectivity index (χ1v) is 6.27. The molecule has 18 heavy (non-hydrogen) atoms. The Morgan fingerprint density at radius 1 is 1.22 bits per heavy atom. The van der Waals surface area contributed by atoms with Gasteiger partial charge in [0, 0.05) is 6.04 Å². The van der Waals surface area contributed by atoms with E-state index in [2.05, 4.69) is 5.32 Å². The Bertz CT molecular complexity index is 442. The summed E-state index contributed by atoms with van der Waals surface area (Å²) in [5.41, 5.74) is 1.18. The molecule has 1 N–H and O–H groups in total. The topological polar surface area (TPSA) is 49.4 Å². The summed E-state index contributed by atoms with van der Waals surface area (Å²) in [6.45, 7) is 3.69. The average Bonchev–Trinajstić information content (AvgIpc) is 2.63. The van der Waals surface area contributed by atoms with Gasteiger partial charge in [0.15, 0.2) is 0 Å². The van der Waals surface area contributed by atoms with E-state index in [4.69, 9.17) is 0 Å². The van der Waals surface area contributed by atoms with Crippen molar-refractivity contribution >= 4 is 11.9 Å². The highest BCUT2D eigenvalue weighted by Crippen LogP contribution is 2.15. The van der Waals surface area contributed by atoms with Crippen LogP contribution in [0.1, 0.15) is 25.8 Å². The van der Waals surface area contributed by atoms with Crippen molar-refractivity contribution in [2.24, 2.45) is 0 Å². The third-order valence-corrected chi connectivity index (χ3v) is 3.13. The Morgan fingerprint density at radius 2 is 1.89 bits per heavy atom. The molecule has 1 aromatic rings. The first-order chi connectivity index (χ1) is 8.59. The van der Waals surface area contributed by atoms with Crippen LogP contribution in [0.4, 0.5) is 4.79 Å². The van der Waals surface area contributed by atoms with Gasteiger partial charge in [0.2, 0.25) is 0 Å². The highest BCUT2D eigenvalue weighted by molar-refractivity contribution is 6.04. The van der Waals surface area contributed by atoms with E-state index in [0.717, 1.165) is 6.42 Å². The van der Waals surface area contributed by atoms with Crippen LogP contribution in [0.5, 0.6) is 0 Å². The monoisotopic (exact) mass is 246 g/mol. The normalized spacial score (nSPS) is 19.5. The minimum Gasteiger partial charge on any atom is -0.326 e. The van der Waals surface area contributed by atoms with Gasteiger partial charge < -0.3 is 5.32 Å². The maximum Gasteiger partial charge on any atom is 0.325 e. The molecule has 1 unspecified atom stereocenters. The van der Waals surface area contributed by atoms with E-state index in [1.807, 2.05) is 44.2 Å². The van der Waals surface area contributed by atoms with Crippen molar-refractivity contribution in [3.8, 4) is 0 Å². The number of nitrogens with zero attached hydrogens (tertiary/aromatic N) is 1. The number of hydrogen-bond acceptors (Lipinski definition) is 2. The van der Waals surface area contributed by atoms with Gasteiger partial charge in [-0.05, 0) is 32.3 Å². The molecule has 0 spiro atoms. The predicted molar refractivity (Wildman–Crippen MR) is 69.1 cm³/mol. The number of hydrogen-bond donors (Lipinski definition) is 1. The molecule has 0 radical (unpaired) electrons. The molecule has 96 valence electrons. The Balaban J connectivity index is 1.96. The number of urea groups is 1. The molecular formula is C14H18N2O2. The second-order valence-corrected chi connectivity index (χ2v) is 4.83. The standard InChI is InChI=1S/C14H18N2O2/c1-10(2)16-13(17)12(15-14(16)18)9-8-11-6-4-3-5-7-11/h3-7,10,12H,8-9H2,1-2H3,(H,15,18). The van der Waals surface area contributed by atoms with Gasteiger partial charge in [0.05, 0.1) is 0 Å². The zero-order chi connectivity index (χ0) is 13.1. The fraction of sp³-hybridized carbons (Fsp3) is 0.429. The van der Waals surface area contributed by atoms with Gasteiger partial charge in [-0.2, -0.15) is 0 Å². The molecular weight excluding hydrogens is 228 g/mol. The summed E-state index contributed by atoms with van der Waals surface area (Å²) >= 11 is 0. The second-order valence-electron chi connectivity index (χ2n) is 4.83. The number of carbonyl (C=O) groups is 2. The summed E-state index contributed by atoms with van der Waals surface area (Å²) < 4.78 is 0. The van der Waals surface area contributed by atoms with E-state index in [1.165, 1.54) is 10.5 Å². The lowest BCUT2D eigenvalue weighted by molar-refractivity contribution is -0.128. The molecule has 2 rings (SSSR count). The highest BCUT2D eigenvalue weighted by Gasteiger charge is 2.38. The highest BCUT2D eigenvalue weighted by atomic mass is 16.2. The zero-order valence-electron chi connectivity index (χ0n) is 10.7. The van der Waals surface area contributed by atoms with Crippen LogP contribution in [-0.2, 0) is 11.2 Å². The molecule has 4 nitrogen and oxygen atoms in total. The number of carbonyl (C=O) groups excluding carboxylic acids is 2. The maximum atomic E-state index is 12.0. The average molecular weight is 246 g/mol. The molecule has 1 aromatic carbocycles. The van der Waals surface area contributed by atoms with Crippen LogP contribution in [0.2, 0.25) is 0 Å². The second kappa shape index (κ2) is 5.21. The fourth-order valence-corrected chi connectivity index (χ4v) is 2.19. The first-order valence-electron chi connectivity index (χ1n) is 6.27. The molecule has 1 heterocycles. The Kier molecular flexibility index (Phi) is 3.65. The SMILES string of the molecule is CC(C)N1C(=O)NC(CCc2ccccc2)C1=O. The van der Waals surface area contributed by atoms with Crippen LogP contribution in [0.15, 0.2) is 30.3 Å². The molecule has 3 amide bonds. The summed E-state index contributed by atoms with van der Waals surface area (Å²) in [6.07, 6.45) is 1.45. The van der Waals surface area contributed by atoms with Crippen molar-refractivity contribution in [1.82, 2.24) is 10.2 Å². The lowest BCUT2D eigenvalue weighted by atomic mass is 10.1. The predicted octanol–water partition coefficient (Wildman–Crippen LogP) is 1.95. The van der Waals surface area contributed by atoms with Crippen LogP contribution in [0.25, 0.3) is 0 Å². The number of rotatable bonds is 4. The lowest BCUT2D eigenvalue weighted by Gasteiger charge is -2.16. The van der Waals surface area contributed by atoms with Crippen LogP contribution in [0, 0.1) is 0 Å². The van der Waals surface area contributed by atoms with E-state index in [0.29, 0.717) is 6.42 Å². The lowest BCUT2D eigenvalue weighted by Crippen LogP contribution is -2.37. The van der Waals surface area contributed by atoms with Crippen LogP contribution < -0.4 is 5.32 Å². The Labute approximate surface area is 107 Å². The van der Waals surface area contributed by atoms with E-state index >= 15 is 0 Å². The quantitative estimate of drug-likeness (QED) is 0.825. The first kappa shape index (κ1) is 12.6. The van der Waals surface area contributed by atoms with Crippen molar-refractivity contribution in [3.05, 3.63) is 35.9 Å². The molecule has 1 fully saturated rings. The molecule has 0 aliphatic carbocycles. The van der Waals surface area contributed by atoms with Gasteiger partial charge in [0.1, 0.15) is 6.04 Å². The van der Waals surface area contributed by atoms with Crippen LogP contribution in [-0.4, -0.2) is 28.9 Å². The molecule has 0 saturated carbocycles. The van der Waals surface area contributed by atoms with E-state index < -0.39 is 0 Å². The van der Waals surface area contributed by atoms with Gasteiger partial charge in [-0.1, -0.05) is 30.3 Å². The Morgan fingerprint density at radius 3 is 2.44 bits per heavy atom. The van der Waals surface area contributed by atoms with Crippen LogP contribution in [0.3, 0.4) is 0 Å².